The quantitative estimate of drug-likeness (QED) is 0.674. The van der Waals surface area contributed by atoms with E-state index in [0.29, 0.717) is 12.4 Å². The number of carbonyl (C=O) groups is 1. The number of carbonyl (C=O) groups excluding carboxylic acids is 1. The molecule has 0 amide bonds. The molecule has 1 aliphatic carbocycles. The Bertz CT molecular complexity index is 366. The van der Waals surface area contributed by atoms with Gasteiger partial charge in [0.05, 0.1) is 6.61 Å². The molecule has 0 radical (unpaired) electrons. The van der Waals surface area contributed by atoms with Crippen LogP contribution in [0.3, 0.4) is 0 Å². The van der Waals surface area contributed by atoms with Crippen LogP contribution in [0, 0.1) is 5.41 Å². The fourth-order valence-corrected chi connectivity index (χ4v) is 2.21. The highest BCUT2D eigenvalue weighted by molar-refractivity contribution is 5.84. The Hall–Kier alpha value is -1.15. The molecule has 1 fully saturated rings. The number of Topliss-reactive ketones (excluding diaryl/α,β-unsaturated/α-hetero) is 1. The van der Waals surface area contributed by atoms with Crippen LogP contribution in [0.25, 0.3) is 0 Å². The summed E-state index contributed by atoms with van der Waals surface area (Å²) in [5.74, 6) is 0.362. The lowest BCUT2D eigenvalue weighted by Crippen LogP contribution is -2.12. The van der Waals surface area contributed by atoms with Crippen molar-refractivity contribution in [2.75, 3.05) is 6.61 Å². The summed E-state index contributed by atoms with van der Waals surface area (Å²) in [5.41, 5.74) is 1.25. The molecule has 0 saturated heterocycles. The normalized spacial score (nSPS) is 16.8. The first-order chi connectivity index (χ1) is 8.23. The summed E-state index contributed by atoms with van der Waals surface area (Å²) in [7, 11) is 0. The molecule has 92 valence electrons. The van der Waals surface area contributed by atoms with Gasteiger partial charge in [0.15, 0.2) is 0 Å². The Balaban J connectivity index is 1.60. The van der Waals surface area contributed by atoms with E-state index in [1.807, 2.05) is 18.2 Å². The molecule has 0 aliphatic heterocycles. The number of hydrogen-bond acceptors (Lipinski definition) is 2. The zero-order chi connectivity index (χ0) is 12.1. The number of rotatable bonds is 7. The molecule has 1 aromatic carbocycles. The van der Waals surface area contributed by atoms with Crippen molar-refractivity contribution in [1.29, 1.82) is 0 Å². The number of benzene rings is 1. The number of ether oxygens (including phenoxy) is 1. The molecule has 2 heteroatoms. The van der Waals surface area contributed by atoms with Gasteiger partial charge in [-0.3, -0.25) is 4.79 Å². The molecule has 2 rings (SSSR count). The molecule has 0 N–H and O–H groups in total. The van der Waals surface area contributed by atoms with Crippen LogP contribution in [0.1, 0.15) is 38.2 Å². The Morgan fingerprint density at radius 1 is 1.29 bits per heavy atom. The molecule has 17 heavy (non-hydrogen) atoms. The Kier molecular flexibility index (Phi) is 3.95. The van der Waals surface area contributed by atoms with Crippen LogP contribution < -0.4 is 0 Å². The van der Waals surface area contributed by atoms with Crippen LogP contribution in [0.4, 0.5) is 0 Å². The maximum atomic E-state index is 11.4. The van der Waals surface area contributed by atoms with E-state index in [-0.39, 0.29) is 5.41 Å². The first-order valence-corrected chi connectivity index (χ1v) is 6.36. The van der Waals surface area contributed by atoms with Gasteiger partial charge in [-0.15, -0.1) is 0 Å². The third-order valence-corrected chi connectivity index (χ3v) is 3.66. The standard InChI is InChI=1S/C15H20O2/c1-13(16)15(9-10-15)8-5-11-17-12-14-6-3-2-4-7-14/h2-4,6-7H,5,8-12H2,1H3. The molecule has 0 spiro atoms. The lowest BCUT2D eigenvalue weighted by atomic mass is 9.96. The Morgan fingerprint density at radius 2 is 2.00 bits per heavy atom. The van der Waals surface area contributed by atoms with Crippen LogP contribution in [0.15, 0.2) is 30.3 Å². The van der Waals surface area contributed by atoms with Gasteiger partial charge in [0.2, 0.25) is 0 Å². The van der Waals surface area contributed by atoms with E-state index in [1.165, 1.54) is 5.56 Å². The molecular formula is C15H20O2. The number of ketones is 1. The van der Waals surface area contributed by atoms with Crippen molar-refractivity contribution in [2.24, 2.45) is 5.41 Å². The number of hydrogen-bond donors (Lipinski definition) is 0. The molecule has 1 aliphatic rings. The second-order valence-electron chi connectivity index (χ2n) is 4.98. The zero-order valence-corrected chi connectivity index (χ0v) is 10.4. The summed E-state index contributed by atoms with van der Waals surface area (Å²) in [5, 5.41) is 0. The average Bonchev–Trinajstić information content (AvgIpc) is 3.11. The summed E-state index contributed by atoms with van der Waals surface area (Å²) in [6, 6.07) is 10.2. The Morgan fingerprint density at radius 3 is 2.59 bits per heavy atom. The first-order valence-electron chi connectivity index (χ1n) is 6.36. The fraction of sp³-hybridized carbons (Fsp3) is 0.533. The summed E-state index contributed by atoms with van der Waals surface area (Å²) in [6.45, 7) is 3.15. The highest BCUT2D eigenvalue weighted by Crippen LogP contribution is 2.50. The van der Waals surface area contributed by atoms with Gasteiger partial charge in [-0.25, -0.2) is 0 Å². The lowest BCUT2D eigenvalue weighted by molar-refractivity contribution is -0.122. The monoisotopic (exact) mass is 232 g/mol. The highest BCUT2D eigenvalue weighted by Gasteiger charge is 2.46. The molecule has 1 saturated carbocycles. The minimum absolute atomic E-state index is 0.0378. The average molecular weight is 232 g/mol. The van der Waals surface area contributed by atoms with Crippen molar-refractivity contribution in [3.8, 4) is 0 Å². The highest BCUT2D eigenvalue weighted by atomic mass is 16.5. The van der Waals surface area contributed by atoms with Crippen molar-refractivity contribution < 1.29 is 9.53 Å². The van der Waals surface area contributed by atoms with E-state index >= 15 is 0 Å². The topological polar surface area (TPSA) is 26.3 Å². The minimum Gasteiger partial charge on any atom is -0.377 e. The molecule has 2 nitrogen and oxygen atoms in total. The largest absolute Gasteiger partial charge is 0.377 e. The molecule has 0 aromatic heterocycles. The summed E-state index contributed by atoms with van der Waals surface area (Å²) < 4.78 is 5.61. The van der Waals surface area contributed by atoms with Crippen LogP contribution in [-0.4, -0.2) is 12.4 Å². The van der Waals surface area contributed by atoms with Gasteiger partial charge in [0, 0.05) is 12.0 Å². The lowest BCUT2D eigenvalue weighted by Gasteiger charge is -2.10. The van der Waals surface area contributed by atoms with Crippen molar-refractivity contribution >= 4 is 5.78 Å². The van der Waals surface area contributed by atoms with Crippen molar-refractivity contribution in [1.82, 2.24) is 0 Å². The van der Waals surface area contributed by atoms with E-state index in [9.17, 15) is 4.79 Å². The minimum atomic E-state index is 0.0378. The van der Waals surface area contributed by atoms with Gasteiger partial charge in [-0.1, -0.05) is 30.3 Å². The van der Waals surface area contributed by atoms with Crippen molar-refractivity contribution in [3.05, 3.63) is 35.9 Å². The third kappa shape index (κ3) is 3.40. The van der Waals surface area contributed by atoms with Gasteiger partial charge in [0.1, 0.15) is 5.78 Å². The smallest absolute Gasteiger partial charge is 0.135 e. The van der Waals surface area contributed by atoms with Gasteiger partial charge in [0.25, 0.3) is 0 Å². The maximum absolute atomic E-state index is 11.4. The molecule has 0 atom stereocenters. The predicted molar refractivity (Wildman–Crippen MR) is 67.7 cm³/mol. The van der Waals surface area contributed by atoms with E-state index in [2.05, 4.69) is 12.1 Å². The summed E-state index contributed by atoms with van der Waals surface area (Å²) in [4.78, 5) is 11.4. The summed E-state index contributed by atoms with van der Waals surface area (Å²) in [6.07, 6.45) is 4.16. The van der Waals surface area contributed by atoms with Gasteiger partial charge in [-0.05, 0) is 38.2 Å². The zero-order valence-electron chi connectivity index (χ0n) is 10.4. The maximum Gasteiger partial charge on any atom is 0.135 e. The summed E-state index contributed by atoms with van der Waals surface area (Å²) >= 11 is 0. The van der Waals surface area contributed by atoms with E-state index in [4.69, 9.17) is 4.74 Å². The van der Waals surface area contributed by atoms with Crippen LogP contribution in [0.2, 0.25) is 0 Å². The van der Waals surface area contributed by atoms with Gasteiger partial charge < -0.3 is 4.74 Å². The van der Waals surface area contributed by atoms with Crippen molar-refractivity contribution in [2.45, 2.75) is 39.2 Å². The van der Waals surface area contributed by atoms with Crippen LogP contribution >= 0.6 is 0 Å². The van der Waals surface area contributed by atoms with Crippen molar-refractivity contribution in [3.63, 3.8) is 0 Å². The Labute approximate surface area is 103 Å². The third-order valence-electron chi connectivity index (χ3n) is 3.66. The molecule has 0 heterocycles. The fourth-order valence-electron chi connectivity index (χ4n) is 2.21. The van der Waals surface area contributed by atoms with E-state index < -0.39 is 0 Å². The van der Waals surface area contributed by atoms with E-state index in [1.54, 1.807) is 6.92 Å². The molecule has 0 bridgehead atoms. The predicted octanol–water partition coefficient (Wildman–Crippen LogP) is 3.35. The first kappa shape index (κ1) is 12.3. The van der Waals surface area contributed by atoms with Gasteiger partial charge in [-0.2, -0.15) is 0 Å². The molecular weight excluding hydrogens is 212 g/mol. The van der Waals surface area contributed by atoms with Crippen LogP contribution in [0.5, 0.6) is 0 Å². The van der Waals surface area contributed by atoms with Crippen LogP contribution in [-0.2, 0) is 16.1 Å². The second kappa shape index (κ2) is 5.46. The SMILES string of the molecule is CC(=O)C1(CCCOCc2ccccc2)CC1. The molecule has 0 unspecified atom stereocenters. The van der Waals surface area contributed by atoms with E-state index in [0.717, 1.165) is 32.3 Å². The molecule has 1 aromatic rings. The van der Waals surface area contributed by atoms with Gasteiger partial charge >= 0.3 is 0 Å². The second-order valence-corrected chi connectivity index (χ2v) is 4.98.